The average Bonchev–Trinajstić information content (AvgIpc) is 3.26. The highest BCUT2D eigenvalue weighted by molar-refractivity contribution is 7.99. The van der Waals surface area contributed by atoms with E-state index < -0.39 is 17.8 Å². The van der Waals surface area contributed by atoms with E-state index in [4.69, 9.17) is 16.0 Å². The first-order chi connectivity index (χ1) is 14.6. The van der Waals surface area contributed by atoms with Gasteiger partial charge >= 0.3 is 6.01 Å². The summed E-state index contributed by atoms with van der Waals surface area (Å²) in [6.07, 6.45) is 0.441. The third-order valence-corrected chi connectivity index (χ3v) is 6.04. The van der Waals surface area contributed by atoms with Crippen LogP contribution in [0.4, 0.5) is 10.4 Å². The molecule has 1 aliphatic heterocycles. The summed E-state index contributed by atoms with van der Waals surface area (Å²) < 4.78 is 19.6. The van der Waals surface area contributed by atoms with Crippen LogP contribution in [-0.4, -0.2) is 40.7 Å². The van der Waals surface area contributed by atoms with Crippen molar-refractivity contribution >= 4 is 35.3 Å². The summed E-state index contributed by atoms with van der Waals surface area (Å²) in [6, 6.07) is 13.2. The topological polar surface area (TPSA) is 71.3 Å². The van der Waals surface area contributed by atoms with Gasteiger partial charge in [0.05, 0.1) is 10.6 Å². The summed E-state index contributed by atoms with van der Waals surface area (Å²) in [5.74, 6) is 1.26. The number of aromatic nitrogens is 2. The van der Waals surface area contributed by atoms with Gasteiger partial charge in [0.15, 0.2) is 0 Å². The van der Waals surface area contributed by atoms with Crippen LogP contribution in [0.3, 0.4) is 0 Å². The molecule has 0 aliphatic carbocycles. The molecule has 1 atom stereocenters. The first kappa shape index (κ1) is 20.7. The minimum Gasteiger partial charge on any atom is -0.406 e. The van der Waals surface area contributed by atoms with Crippen molar-refractivity contribution in [2.45, 2.75) is 12.5 Å². The summed E-state index contributed by atoms with van der Waals surface area (Å²) in [7, 11) is 0. The van der Waals surface area contributed by atoms with Crippen LogP contribution in [0.15, 0.2) is 52.9 Å². The molecule has 0 saturated carbocycles. The van der Waals surface area contributed by atoms with Crippen molar-refractivity contribution in [1.29, 1.82) is 0 Å². The molecule has 1 fully saturated rings. The maximum absolute atomic E-state index is 13.6. The van der Waals surface area contributed by atoms with Gasteiger partial charge in [0.2, 0.25) is 5.89 Å². The van der Waals surface area contributed by atoms with Gasteiger partial charge in [-0.1, -0.05) is 47.0 Å². The van der Waals surface area contributed by atoms with Crippen LogP contribution < -0.4 is 10.2 Å². The Morgan fingerprint density at radius 2 is 1.97 bits per heavy atom. The number of anilines is 1. The quantitative estimate of drug-likeness (QED) is 0.614. The van der Waals surface area contributed by atoms with Gasteiger partial charge in [-0.3, -0.25) is 4.79 Å². The molecule has 3 aromatic rings. The Kier molecular flexibility index (Phi) is 6.54. The van der Waals surface area contributed by atoms with Crippen LogP contribution in [0.5, 0.6) is 0 Å². The minimum absolute atomic E-state index is 0.0579. The SMILES string of the molecule is O=C(N[C@@H](Cc1ccccc1)c1nnc(N2CCSCC2)o1)c1cc(F)ccc1Cl. The van der Waals surface area contributed by atoms with E-state index in [0.29, 0.717) is 18.3 Å². The zero-order valence-corrected chi connectivity index (χ0v) is 17.6. The molecule has 156 valence electrons. The molecule has 1 saturated heterocycles. The second-order valence-corrected chi connectivity index (χ2v) is 8.49. The highest BCUT2D eigenvalue weighted by atomic mass is 35.5. The van der Waals surface area contributed by atoms with Gasteiger partial charge in [0.25, 0.3) is 5.91 Å². The number of nitrogens with one attached hydrogen (secondary N) is 1. The lowest BCUT2D eigenvalue weighted by Gasteiger charge is -2.24. The Morgan fingerprint density at radius 1 is 1.20 bits per heavy atom. The number of nitrogens with zero attached hydrogens (tertiary/aromatic N) is 3. The fraction of sp³-hybridized carbons (Fsp3) is 0.286. The number of hydrogen-bond acceptors (Lipinski definition) is 6. The number of amides is 1. The zero-order valence-electron chi connectivity index (χ0n) is 16.1. The number of thioether (sulfide) groups is 1. The first-order valence-electron chi connectivity index (χ1n) is 9.56. The molecule has 4 rings (SSSR count). The van der Waals surface area contributed by atoms with Crippen molar-refractivity contribution in [3.63, 3.8) is 0 Å². The molecule has 1 aromatic heterocycles. The van der Waals surface area contributed by atoms with Gasteiger partial charge in [-0.15, -0.1) is 5.10 Å². The van der Waals surface area contributed by atoms with Crippen molar-refractivity contribution in [2.75, 3.05) is 29.5 Å². The van der Waals surface area contributed by atoms with E-state index in [-0.39, 0.29) is 10.6 Å². The van der Waals surface area contributed by atoms with Crippen LogP contribution >= 0.6 is 23.4 Å². The molecular formula is C21H20ClFN4O2S. The summed E-state index contributed by atoms with van der Waals surface area (Å²) >= 11 is 7.98. The van der Waals surface area contributed by atoms with Crippen molar-refractivity contribution in [2.24, 2.45) is 0 Å². The molecule has 1 aliphatic rings. The van der Waals surface area contributed by atoms with Crippen LogP contribution in [0.2, 0.25) is 5.02 Å². The van der Waals surface area contributed by atoms with E-state index in [0.717, 1.165) is 36.2 Å². The number of carbonyl (C=O) groups is 1. The van der Waals surface area contributed by atoms with Crippen molar-refractivity contribution < 1.29 is 13.6 Å². The number of rotatable bonds is 6. The van der Waals surface area contributed by atoms with Crippen molar-refractivity contribution in [3.8, 4) is 0 Å². The molecule has 0 unspecified atom stereocenters. The Hall–Kier alpha value is -2.58. The lowest BCUT2D eigenvalue weighted by atomic mass is 10.1. The van der Waals surface area contributed by atoms with Crippen molar-refractivity contribution in [3.05, 3.63) is 76.4 Å². The van der Waals surface area contributed by atoms with Crippen LogP contribution in [0.25, 0.3) is 0 Å². The van der Waals surface area contributed by atoms with E-state index >= 15 is 0 Å². The second kappa shape index (κ2) is 9.49. The summed E-state index contributed by atoms with van der Waals surface area (Å²) in [6.45, 7) is 1.67. The summed E-state index contributed by atoms with van der Waals surface area (Å²) in [4.78, 5) is 14.9. The van der Waals surface area contributed by atoms with Gasteiger partial charge in [0, 0.05) is 31.0 Å². The number of hydrogen-bond donors (Lipinski definition) is 1. The third-order valence-electron chi connectivity index (χ3n) is 4.77. The Bertz CT molecular complexity index is 1010. The van der Waals surface area contributed by atoms with Crippen molar-refractivity contribution in [1.82, 2.24) is 15.5 Å². The molecule has 1 N–H and O–H groups in total. The molecule has 0 bridgehead atoms. The fourth-order valence-corrected chi connectivity index (χ4v) is 4.31. The molecule has 9 heteroatoms. The lowest BCUT2D eigenvalue weighted by Crippen LogP contribution is -2.32. The van der Waals surface area contributed by atoms with E-state index in [1.807, 2.05) is 47.0 Å². The molecule has 0 spiro atoms. The predicted octanol–water partition coefficient (Wildman–Crippen LogP) is 4.13. The van der Waals surface area contributed by atoms with Gasteiger partial charge in [0.1, 0.15) is 11.9 Å². The Balaban J connectivity index is 1.59. The molecule has 0 radical (unpaired) electrons. The molecule has 2 aromatic carbocycles. The maximum Gasteiger partial charge on any atom is 0.318 e. The van der Waals surface area contributed by atoms with Gasteiger partial charge < -0.3 is 14.6 Å². The Labute approximate surface area is 182 Å². The van der Waals surface area contributed by atoms with Gasteiger partial charge in [-0.2, -0.15) is 11.8 Å². The second-order valence-electron chi connectivity index (χ2n) is 6.86. The average molecular weight is 447 g/mol. The number of carbonyl (C=O) groups excluding carboxylic acids is 1. The monoisotopic (exact) mass is 446 g/mol. The minimum atomic E-state index is -0.584. The molecule has 1 amide bonds. The summed E-state index contributed by atoms with van der Waals surface area (Å²) in [5.41, 5.74) is 1.05. The smallest absolute Gasteiger partial charge is 0.318 e. The molecule has 30 heavy (non-hydrogen) atoms. The molecule has 6 nitrogen and oxygen atoms in total. The third kappa shape index (κ3) is 4.94. The first-order valence-corrected chi connectivity index (χ1v) is 11.1. The lowest BCUT2D eigenvalue weighted by molar-refractivity contribution is 0.0930. The number of benzene rings is 2. The van der Waals surface area contributed by atoms with E-state index in [9.17, 15) is 9.18 Å². The highest BCUT2D eigenvalue weighted by Crippen LogP contribution is 2.25. The summed E-state index contributed by atoms with van der Waals surface area (Å²) in [5, 5.41) is 11.4. The van der Waals surface area contributed by atoms with Gasteiger partial charge in [-0.05, 0) is 23.8 Å². The Morgan fingerprint density at radius 3 is 2.73 bits per heavy atom. The standard InChI is InChI=1S/C21H20ClFN4O2S/c22-17-7-6-15(23)13-16(17)19(28)24-18(12-14-4-2-1-3-5-14)20-25-26-21(29-20)27-8-10-30-11-9-27/h1-7,13,18H,8-12H2,(H,24,28)/t18-/m0/s1. The van der Waals surface area contributed by atoms with E-state index in [2.05, 4.69) is 15.5 Å². The van der Waals surface area contributed by atoms with Gasteiger partial charge in [-0.25, -0.2) is 4.39 Å². The van der Waals surface area contributed by atoms with Crippen LogP contribution in [0, 0.1) is 5.82 Å². The highest BCUT2D eigenvalue weighted by Gasteiger charge is 2.25. The largest absolute Gasteiger partial charge is 0.406 e. The fourth-order valence-electron chi connectivity index (χ4n) is 3.21. The molecule has 2 heterocycles. The van der Waals surface area contributed by atoms with E-state index in [1.165, 1.54) is 12.1 Å². The molecular weight excluding hydrogens is 427 g/mol. The maximum atomic E-state index is 13.6. The zero-order chi connectivity index (χ0) is 20.9. The van der Waals surface area contributed by atoms with E-state index in [1.54, 1.807) is 0 Å². The number of halogens is 2. The predicted molar refractivity (Wildman–Crippen MR) is 116 cm³/mol. The normalized spacial score (nSPS) is 15.1. The van der Waals surface area contributed by atoms with Crippen LogP contribution in [-0.2, 0) is 6.42 Å². The van der Waals surface area contributed by atoms with Crippen LogP contribution in [0.1, 0.15) is 27.9 Å².